The lowest BCUT2D eigenvalue weighted by Crippen LogP contribution is -2.30. The highest BCUT2D eigenvalue weighted by Crippen LogP contribution is 2.42. The fourth-order valence-corrected chi connectivity index (χ4v) is 4.39. The lowest BCUT2D eigenvalue weighted by molar-refractivity contribution is -0.139. The molecule has 2 aromatic carbocycles. The van der Waals surface area contributed by atoms with E-state index in [1.165, 1.54) is 18.1 Å². The molecule has 2 unspecified atom stereocenters. The van der Waals surface area contributed by atoms with Gasteiger partial charge in [0.2, 0.25) is 0 Å². The summed E-state index contributed by atoms with van der Waals surface area (Å²) in [4.78, 5) is 27.4. The number of hydrogen-bond acceptors (Lipinski definition) is 6. The van der Waals surface area contributed by atoms with Crippen LogP contribution in [0.15, 0.2) is 42.0 Å². The Hall–Kier alpha value is -3.48. The first-order valence-electron chi connectivity index (χ1n) is 10.8. The molecule has 1 fully saturated rings. The van der Waals surface area contributed by atoms with Crippen molar-refractivity contribution in [1.29, 1.82) is 0 Å². The molecule has 0 bridgehead atoms. The molecule has 2 aromatic rings. The van der Waals surface area contributed by atoms with Gasteiger partial charge in [0.15, 0.2) is 11.5 Å². The third kappa shape index (κ3) is 3.68. The van der Waals surface area contributed by atoms with Crippen LogP contribution in [0.25, 0.3) is 5.76 Å². The normalized spacial score (nSPS) is 21.5. The number of ether oxygens (including phenoxy) is 2. The highest BCUT2D eigenvalue weighted by Gasteiger charge is 2.46. The topological polar surface area (TPSA) is 96.3 Å². The van der Waals surface area contributed by atoms with E-state index in [4.69, 9.17) is 9.47 Å². The molecule has 0 radical (unpaired) electrons. The fraction of sp³-hybridized carbons (Fsp3) is 0.360. The predicted molar refractivity (Wildman–Crippen MR) is 119 cm³/mol. The molecule has 0 saturated carbocycles. The average molecular weight is 437 g/mol. The molecule has 2 aliphatic rings. The molecule has 4 rings (SSSR count). The summed E-state index contributed by atoms with van der Waals surface area (Å²) in [6.07, 6.45) is 2.30. The maximum atomic E-state index is 13.1. The van der Waals surface area contributed by atoms with E-state index in [2.05, 4.69) is 0 Å². The van der Waals surface area contributed by atoms with E-state index in [9.17, 15) is 19.8 Å². The van der Waals surface area contributed by atoms with Crippen LogP contribution in [-0.4, -0.2) is 46.6 Å². The monoisotopic (exact) mass is 437 g/mol. The molecule has 32 heavy (non-hydrogen) atoms. The lowest BCUT2D eigenvalue weighted by Gasteiger charge is -2.25. The number of aliphatic hydroxyl groups excluding tert-OH is 1. The smallest absolute Gasteiger partial charge is 0.295 e. The number of rotatable bonds is 6. The van der Waals surface area contributed by atoms with Gasteiger partial charge in [-0.05, 0) is 54.8 Å². The van der Waals surface area contributed by atoms with Gasteiger partial charge in [0.1, 0.15) is 17.6 Å². The molecule has 2 heterocycles. The second-order valence-corrected chi connectivity index (χ2v) is 8.23. The Balaban J connectivity index is 1.84. The zero-order valence-corrected chi connectivity index (χ0v) is 18.4. The number of hydrogen-bond donors (Lipinski definition) is 2. The largest absolute Gasteiger partial charge is 0.507 e. The molecule has 2 N–H and O–H groups in total. The first-order valence-corrected chi connectivity index (χ1v) is 10.8. The molecule has 7 nitrogen and oxygen atoms in total. The van der Waals surface area contributed by atoms with E-state index in [0.717, 1.165) is 17.7 Å². The van der Waals surface area contributed by atoms with Crippen molar-refractivity contribution in [3.63, 3.8) is 0 Å². The van der Waals surface area contributed by atoms with Crippen molar-refractivity contribution >= 4 is 17.4 Å². The van der Waals surface area contributed by atoms with Crippen LogP contribution in [0.1, 0.15) is 49.4 Å². The maximum absolute atomic E-state index is 13.1. The summed E-state index contributed by atoms with van der Waals surface area (Å²) < 4.78 is 10.8. The Bertz CT molecular complexity index is 1110. The second kappa shape index (κ2) is 8.57. The minimum Gasteiger partial charge on any atom is -0.507 e. The number of benzene rings is 2. The quantitative estimate of drug-likeness (QED) is 0.404. The number of aromatic hydroxyl groups is 1. The summed E-state index contributed by atoms with van der Waals surface area (Å²) in [6.45, 7) is 4.33. The minimum absolute atomic E-state index is 0.0163. The number of methoxy groups -OCH3 is 1. The SMILES string of the molecule is CCCCN1C(=O)C(=O)/C(=C(\O)c2ccc3c(c2)CC(C)O3)C1c1ccc(OC)c(O)c1. The summed E-state index contributed by atoms with van der Waals surface area (Å²) in [7, 11) is 1.44. The highest BCUT2D eigenvalue weighted by atomic mass is 16.5. The Kier molecular flexibility index (Phi) is 5.82. The van der Waals surface area contributed by atoms with Gasteiger partial charge in [-0.15, -0.1) is 0 Å². The van der Waals surface area contributed by atoms with E-state index in [-0.39, 0.29) is 28.9 Å². The van der Waals surface area contributed by atoms with Crippen molar-refractivity contribution in [1.82, 2.24) is 4.90 Å². The number of phenols is 1. The van der Waals surface area contributed by atoms with Gasteiger partial charge in [-0.25, -0.2) is 0 Å². The van der Waals surface area contributed by atoms with Gasteiger partial charge in [-0.1, -0.05) is 19.4 Å². The van der Waals surface area contributed by atoms with E-state index in [1.807, 2.05) is 13.8 Å². The van der Waals surface area contributed by atoms with Crippen molar-refractivity contribution in [3.05, 3.63) is 58.7 Å². The van der Waals surface area contributed by atoms with Crippen LogP contribution < -0.4 is 9.47 Å². The number of amides is 1. The number of unbranched alkanes of at least 4 members (excludes halogenated alkanes) is 1. The van der Waals surface area contributed by atoms with Gasteiger partial charge < -0.3 is 24.6 Å². The molecule has 7 heteroatoms. The summed E-state index contributed by atoms with van der Waals surface area (Å²) in [5.74, 6) is -0.678. The third-order valence-corrected chi connectivity index (χ3v) is 5.98. The van der Waals surface area contributed by atoms with E-state index in [1.54, 1.807) is 30.3 Å². The molecule has 0 spiro atoms. The summed E-state index contributed by atoms with van der Waals surface area (Å²) in [5.41, 5.74) is 1.94. The van der Waals surface area contributed by atoms with Crippen molar-refractivity contribution in [2.75, 3.05) is 13.7 Å². The molecule has 1 amide bonds. The Morgan fingerprint density at radius 3 is 2.69 bits per heavy atom. The Morgan fingerprint density at radius 1 is 1.22 bits per heavy atom. The number of carbonyl (C=O) groups is 2. The van der Waals surface area contributed by atoms with Crippen molar-refractivity contribution in [2.45, 2.75) is 45.3 Å². The summed E-state index contributed by atoms with van der Waals surface area (Å²) in [5, 5.41) is 21.5. The van der Waals surface area contributed by atoms with Crippen LogP contribution in [0, 0.1) is 0 Å². The van der Waals surface area contributed by atoms with Crippen LogP contribution in [0.2, 0.25) is 0 Å². The maximum Gasteiger partial charge on any atom is 0.295 e. The zero-order valence-electron chi connectivity index (χ0n) is 18.4. The van der Waals surface area contributed by atoms with E-state index in [0.29, 0.717) is 30.5 Å². The van der Waals surface area contributed by atoms with Gasteiger partial charge in [0, 0.05) is 18.5 Å². The van der Waals surface area contributed by atoms with Crippen molar-refractivity contribution in [3.8, 4) is 17.2 Å². The van der Waals surface area contributed by atoms with Gasteiger partial charge in [-0.3, -0.25) is 9.59 Å². The molecule has 2 aliphatic heterocycles. The number of carbonyl (C=O) groups excluding carboxylic acids is 2. The van der Waals surface area contributed by atoms with Crippen LogP contribution in [0.5, 0.6) is 17.2 Å². The molecular weight excluding hydrogens is 410 g/mol. The van der Waals surface area contributed by atoms with Gasteiger partial charge in [-0.2, -0.15) is 0 Å². The Morgan fingerprint density at radius 2 is 2.00 bits per heavy atom. The summed E-state index contributed by atoms with van der Waals surface area (Å²) in [6, 6.07) is 9.21. The van der Waals surface area contributed by atoms with Crippen LogP contribution >= 0.6 is 0 Å². The lowest BCUT2D eigenvalue weighted by atomic mass is 9.94. The average Bonchev–Trinajstić information content (AvgIpc) is 3.27. The van der Waals surface area contributed by atoms with Gasteiger partial charge in [0.05, 0.1) is 18.7 Å². The number of likely N-dealkylation sites (tertiary alicyclic amines) is 1. The molecule has 0 aromatic heterocycles. The van der Waals surface area contributed by atoms with Crippen LogP contribution in [0.3, 0.4) is 0 Å². The summed E-state index contributed by atoms with van der Waals surface area (Å²) >= 11 is 0. The first-order chi connectivity index (χ1) is 15.3. The predicted octanol–water partition coefficient (Wildman–Crippen LogP) is 3.95. The number of fused-ring (bicyclic) bond motifs is 1. The fourth-order valence-electron chi connectivity index (χ4n) is 4.39. The van der Waals surface area contributed by atoms with Gasteiger partial charge >= 0.3 is 0 Å². The van der Waals surface area contributed by atoms with Crippen molar-refractivity contribution in [2.24, 2.45) is 0 Å². The van der Waals surface area contributed by atoms with Crippen molar-refractivity contribution < 1.29 is 29.3 Å². The third-order valence-electron chi connectivity index (χ3n) is 5.98. The number of ketones is 1. The highest BCUT2D eigenvalue weighted by molar-refractivity contribution is 6.46. The van der Waals surface area contributed by atoms with Gasteiger partial charge in [0.25, 0.3) is 11.7 Å². The number of Topliss-reactive ketones (excluding diaryl/α,β-unsaturated/α-hetero) is 1. The van der Waals surface area contributed by atoms with Crippen LogP contribution in [0.4, 0.5) is 0 Å². The minimum atomic E-state index is -0.804. The second-order valence-electron chi connectivity index (χ2n) is 8.23. The Labute approximate surface area is 186 Å². The van der Waals surface area contributed by atoms with Crippen LogP contribution in [-0.2, 0) is 16.0 Å². The molecule has 0 aliphatic carbocycles. The molecule has 2 atom stereocenters. The molecule has 1 saturated heterocycles. The molecular formula is C25H27NO6. The first kappa shape index (κ1) is 21.7. The number of nitrogens with zero attached hydrogens (tertiary/aromatic N) is 1. The van der Waals surface area contributed by atoms with E-state index >= 15 is 0 Å². The number of aliphatic hydroxyl groups is 1. The number of phenolic OH excluding ortho intramolecular Hbond substituents is 1. The van der Waals surface area contributed by atoms with E-state index < -0.39 is 17.7 Å². The zero-order chi connectivity index (χ0) is 23.0. The standard InChI is InChI=1S/C25H27NO6/c1-4-5-10-26-22(15-6-9-20(31-3)18(27)13-15)21(24(29)25(26)30)23(28)16-7-8-19-17(12-16)11-14(2)32-19/h6-9,12-14,22,27-28H,4-5,10-11H2,1-3H3/b23-21-. The molecule has 168 valence electrons.